The third kappa shape index (κ3) is 2.93. The Kier molecular flexibility index (Phi) is 4.29. The van der Waals surface area contributed by atoms with Crippen LogP contribution in [-0.2, 0) is 9.63 Å². The van der Waals surface area contributed by atoms with Crippen LogP contribution >= 0.6 is 0 Å². The normalized spacial score (nSPS) is 17.6. The molecule has 7 heteroatoms. The molecule has 1 aliphatic rings. The summed E-state index contributed by atoms with van der Waals surface area (Å²) in [5.74, 6) is -1.57. The van der Waals surface area contributed by atoms with Gasteiger partial charge in [0.05, 0.1) is 12.3 Å². The predicted octanol–water partition coefficient (Wildman–Crippen LogP) is 0.908. The van der Waals surface area contributed by atoms with Crippen LogP contribution in [0.1, 0.15) is 12.0 Å². The summed E-state index contributed by atoms with van der Waals surface area (Å²) in [5, 5.41) is 12.4. The van der Waals surface area contributed by atoms with E-state index in [4.69, 9.17) is 9.94 Å². The van der Waals surface area contributed by atoms with Crippen molar-refractivity contribution in [3.8, 4) is 0 Å². The molecule has 2 rings (SSSR count). The van der Waals surface area contributed by atoms with Gasteiger partial charge in [-0.05, 0) is 18.2 Å². The molecule has 1 aromatic carbocycles. The van der Waals surface area contributed by atoms with E-state index in [1.54, 1.807) is 0 Å². The third-order valence-corrected chi connectivity index (χ3v) is 3.00. The van der Waals surface area contributed by atoms with E-state index in [1.807, 2.05) is 0 Å². The number of carbonyl (C=O) groups is 1. The largest absolute Gasteiger partial charge is 0.395 e. The van der Waals surface area contributed by atoms with Crippen LogP contribution in [0, 0.1) is 11.6 Å². The van der Waals surface area contributed by atoms with Crippen LogP contribution in [-0.4, -0.2) is 47.9 Å². The van der Waals surface area contributed by atoms with Gasteiger partial charge < -0.3 is 14.8 Å². The Morgan fingerprint density at radius 1 is 1.55 bits per heavy atom. The van der Waals surface area contributed by atoms with Gasteiger partial charge in [-0.25, -0.2) is 8.78 Å². The van der Waals surface area contributed by atoms with Gasteiger partial charge in [-0.2, -0.15) is 0 Å². The second-order valence-electron chi connectivity index (χ2n) is 4.44. The van der Waals surface area contributed by atoms with Crippen LogP contribution in [0.25, 0.3) is 0 Å². The van der Waals surface area contributed by atoms with E-state index in [0.717, 1.165) is 18.2 Å². The van der Waals surface area contributed by atoms with Crippen molar-refractivity contribution in [2.24, 2.45) is 5.16 Å². The highest BCUT2D eigenvalue weighted by Gasteiger charge is 2.32. The average Bonchev–Trinajstić information content (AvgIpc) is 2.90. The molecule has 0 aliphatic carbocycles. The quantitative estimate of drug-likeness (QED) is 0.894. The van der Waals surface area contributed by atoms with Gasteiger partial charge in [-0.15, -0.1) is 0 Å². The number of carbonyl (C=O) groups excluding carboxylic acids is 1. The topological polar surface area (TPSA) is 62.1 Å². The molecule has 1 heterocycles. The molecule has 0 bridgehead atoms. The average molecular weight is 284 g/mol. The monoisotopic (exact) mass is 284 g/mol. The lowest BCUT2D eigenvalue weighted by molar-refractivity contribution is -0.141. The molecule has 1 unspecified atom stereocenters. The van der Waals surface area contributed by atoms with Gasteiger partial charge in [0.25, 0.3) is 5.91 Å². The number of amides is 1. The predicted molar refractivity (Wildman–Crippen MR) is 67.1 cm³/mol. The second-order valence-corrected chi connectivity index (χ2v) is 4.44. The van der Waals surface area contributed by atoms with E-state index < -0.39 is 17.7 Å². The minimum absolute atomic E-state index is 0.00916. The summed E-state index contributed by atoms with van der Waals surface area (Å²) in [6.07, 6.45) is -0.807. The number of likely N-dealkylation sites (N-methyl/N-ethyl adjacent to an activating group) is 1. The van der Waals surface area contributed by atoms with Crippen LogP contribution < -0.4 is 0 Å². The van der Waals surface area contributed by atoms with Crippen LogP contribution in [0.4, 0.5) is 8.78 Å². The number of rotatable bonds is 4. The molecule has 1 N–H and O–H groups in total. The van der Waals surface area contributed by atoms with E-state index in [-0.39, 0.29) is 36.8 Å². The molecular formula is C13H14F2N2O3. The molecule has 1 aromatic rings. The fourth-order valence-corrected chi connectivity index (χ4v) is 1.89. The van der Waals surface area contributed by atoms with Crippen molar-refractivity contribution < 1.29 is 23.5 Å². The summed E-state index contributed by atoms with van der Waals surface area (Å²) in [6, 6.07) is 3.02. The SMILES string of the molecule is CN(CCO)C(=O)C1CC(c2cc(F)ccc2F)=NO1. The zero-order chi connectivity index (χ0) is 14.7. The number of nitrogens with zero attached hydrogens (tertiary/aromatic N) is 2. The first-order chi connectivity index (χ1) is 9.52. The molecule has 0 saturated heterocycles. The summed E-state index contributed by atoms with van der Waals surface area (Å²) < 4.78 is 26.7. The fourth-order valence-electron chi connectivity index (χ4n) is 1.89. The highest BCUT2D eigenvalue weighted by molar-refractivity contribution is 6.04. The molecule has 1 atom stereocenters. The van der Waals surface area contributed by atoms with Crippen LogP contribution in [0.3, 0.4) is 0 Å². The minimum atomic E-state index is -0.871. The van der Waals surface area contributed by atoms with E-state index in [0.29, 0.717) is 0 Å². The summed E-state index contributed by atoms with van der Waals surface area (Å²) in [6.45, 7) is 0.00352. The number of aliphatic hydroxyl groups is 1. The molecule has 5 nitrogen and oxygen atoms in total. The maximum absolute atomic E-state index is 13.6. The Morgan fingerprint density at radius 3 is 3.00 bits per heavy atom. The molecule has 1 amide bonds. The van der Waals surface area contributed by atoms with E-state index in [9.17, 15) is 13.6 Å². The van der Waals surface area contributed by atoms with Gasteiger partial charge in [-0.3, -0.25) is 4.79 Å². The van der Waals surface area contributed by atoms with Crippen molar-refractivity contribution in [1.29, 1.82) is 0 Å². The lowest BCUT2D eigenvalue weighted by atomic mass is 10.0. The number of oxime groups is 1. The lowest BCUT2D eigenvalue weighted by Gasteiger charge is -2.18. The highest BCUT2D eigenvalue weighted by atomic mass is 19.1. The maximum atomic E-state index is 13.6. The Balaban J connectivity index is 2.08. The van der Waals surface area contributed by atoms with Crippen molar-refractivity contribution in [3.63, 3.8) is 0 Å². The standard InChI is InChI=1S/C13H14F2N2O3/c1-17(4-5-18)13(19)12-7-11(16-20-12)9-6-8(14)2-3-10(9)15/h2-3,6,12,18H,4-5,7H2,1H3. The summed E-state index contributed by atoms with van der Waals surface area (Å²) in [4.78, 5) is 18.2. The first-order valence-electron chi connectivity index (χ1n) is 6.07. The smallest absolute Gasteiger partial charge is 0.266 e. The van der Waals surface area contributed by atoms with Gasteiger partial charge in [0.2, 0.25) is 6.10 Å². The van der Waals surface area contributed by atoms with Crippen LogP contribution in [0.15, 0.2) is 23.4 Å². The maximum Gasteiger partial charge on any atom is 0.266 e. The summed E-state index contributed by atoms with van der Waals surface area (Å²) >= 11 is 0. The molecular weight excluding hydrogens is 270 g/mol. The molecule has 1 aliphatic heterocycles. The van der Waals surface area contributed by atoms with Crippen molar-refractivity contribution in [2.75, 3.05) is 20.2 Å². The van der Waals surface area contributed by atoms with Crippen LogP contribution in [0.5, 0.6) is 0 Å². The number of aliphatic hydroxyl groups excluding tert-OH is 1. The first-order valence-corrected chi connectivity index (χ1v) is 6.07. The van der Waals surface area contributed by atoms with E-state index in [1.165, 1.54) is 11.9 Å². The lowest BCUT2D eigenvalue weighted by Crippen LogP contribution is -2.38. The molecule has 20 heavy (non-hydrogen) atoms. The van der Waals surface area contributed by atoms with Crippen LogP contribution in [0.2, 0.25) is 0 Å². The van der Waals surface area contributed by atoms with Gasteiger partial charge in [0, 0.05) is 25.6 Å². The summed E-state index contributed by atoms with van der Waals surface area (Å²) in [5.41, 5.74) is 0.183. The summed E-state index contributed by atoms with van der Waals surface area (Å²) in [7, 11) is 1.52. The van der Waals surface area contributed by atoms with Crippen molar-refractivity contribution in [1.82, 2.24) is 4.90 Å². The van der Waals surface area contributed by atoms with E-state index >= 15 is 0 Å². The molecule has 0 fully saturated rings. The van der Waals surface area contributed by atoms with Gasteiger partial charge in [0.15, 0.2) is 0 Å². The molecule has 0 radical (unpaired) electrons. The number of halogens is 2. The molecule has 0 spiro atoms. The molecule has 0 aromatic heterocycles. The number of benzene rings is 1. The number of hydrogen-bond acceptors (Lipinski definition) is 4. The number of hydrogen-bond donors (Lipinski definition) is 1. The molecule has 0 saturated carbocycles. The highest BCUT2D eigenvalue weighted by Crippen LogP contribution is 2.21. The first kappa shape index (κ1) is 14.4. The molecule has 108 valence electrons. The van der Waals surface area contributed by atoms with Gasteiger partial charge >= 0.3 is 0 Å². The second kappa shape index (κ2) is 5.96. The van der Waals surface area contributed by atoms with Crippen molar-refractivity contribution >= 4 is 11.6 Å². The van der Waals surface area contributed by atoms with Gasteiger partial charge in [0.1, 0.15) is 11.6 Å². The Hall–Kier alpha value is -2.02. The zero-order valence-electron chi connectivity index (χ0n) is 10.8. The van der Waals surface area contributed by atoms with Crippen molar-refractivity contribution in [3.05, 3.63) is 35.4 Å². The minimum Gasteiger partial charge on any atom is -0.395 e. The fraction of sp³-hybridized carbons (Fsp3) is 0.385. The zero-order valence-corrected chi connectivity index (χ0v) is 10.8. The Bertz CT molecular complexity index is 548. The van der Waals surface area contributed by atoms with E-state index in [2.05, 4.69) is 5.16 Å². The van der Waals surface area contributed by atoms with Crippen molar-refractivity contribution in [2.45, 2.75) is 12.5 Å². The Morgan fingerprint density at radius 2 is 2.30 bits per heavy atom. The third-order valence-electron chi connectivity index (χ3n) is 3.00. The van der Waals surface area contributed by atoms with Gasteiger partial charge in [-0.1, -0.05) is 5.16 Å². The Labute approximate surface area is 114 Å².